The highest BCUT2D eigenvalue weighted by atomic mass is 79.9. The molecule has 1 fully saturated rings. The van der Waals surface area contributed by atoms with E-state index in [0.717, 1.165) is 19.5 Å². The molecule has 2 unspecified atom stereocenters. The van der Waals surface area contributed by atoms with Gasteiger partial charge in [-0.1, -0.05) is 22.9 Å². The minimum absolute atomic E-state index is 0.230. The zero-order valence-electron chi connectivity index (χ0n) is 8.66. The highest BCUT2D eigenvalue weighted by Crippen LogP contribution is 2.27. The average Bonchev–Trinajstić information content (AvgIpc) is 2.23. The molecule has 1 aliphatic heterocycles. The van der Waals surface area contributed by atoms with Crippen LogP contribution >= 0.6 is 15.9 Å². The van der Waals surface area contributed by atoms with Gasteiger partial charge >= 0.3 is 0 Å². The van der Waals surface area contributed by atoms with Crippen LogP contribution in [0.1, 0.15) is 13.3 Å². The van der Waals surface area contributed by atoms with Gasteiger partial charge in [0.1, 0.15) is 0 Å². The number of hydrogen-bond acceptors (Lipinski definition) is 2. The fourth-order valence-electron chi connectivity index (χ4n) is 1.82. The van der Waals surface area contributed by atoms with E-state index in [1.165, 1.54) is 6.07 Å². The van der Waals surface area contributed by atoms with Crippen molar-refractivity contribution in [3.63, 3.8) is 0 Å². The van der Waals surface area contributed by atoms with Crippen molar-refractivity contribution in [2.75, 3.05) is 18.0 Å². The van der Waals surface area contributed by atoms with Gasteiger partial charge in [0.05, 0.1) is 0 Å². The van der Waals surface area contributed by atoms with Crippen molar-refractivity contribution in [3.05, 3.63) is 24.1 Å². The van der Waals surface area contributed by atoms with Crippen LogP contribution in [0.15, 0.2) is 18.3 Å². The number of pyridine rings is 1. The Labute approximate surface area is 97.6 Å². The summed E-state index contributed by atoms with van der Waals surface area (Å²) in [6.07, 6.45) is 2.71. The Morgan fingerprint density at radius 1 is 1.60 bits per heavy atom. The van der Waals surface area contributed by atoms with Crippen LogP contribution in [0.2, 0.25) is 0 Å². The number of nitrogens with zero attached hydrogens (tertiary/aromatic N) is 2. The fourth-order valence-corrected chi connectivity index (χ4v) is 2.44. The lowest BCUT2D eigenvalue weighted by atomic mass is 9.99. The summed E-state index contributed by atoms with van der Waals surface area (Å²) < 4.78 is 13.5. The molecule has 15 heavy (non-hydrogen) atoms. The van der Waals surface area contributed by atoms with Crippen molar-refractivity contribution in [3.8, 4) is 0 Å². The molecule has 0 amide bonds. The highest BCUT2D eigenvalue weighted by Gasteiger charge is 2.25. The van der Waals surface area contributed by atoms with E-state index in [0.29, 0.717) is 16.6 Å². The van der Waals surface area contributed by atoms with E-state index in [4.69, 9.17) is 0 Å². The Morgan fingerprint density at radius 3 is 3.07 bits per heavy atom. The molecule has 2 heterocycles. The zero-order valence-corrected chi connectivity index (χ0v) is 10.2. The molecule has 0 N–H and O–H groups in total. The molecule has 2 atom stereocenters. The smallest absolute Gasteiger partial charge is 0.165 e. The first-order valence-corrected chi connectivity index (χ1v) is 6.09. The number of rotatable bonds is 1. The van der Waals surface area contributed by atoms with Gasteiger partial charge < -0.3 is 4.90 Å². The third kappa shape index (κ3) is 2.30. The number of aromatic nitrogens is 1. The maximum Gasteiger partial charge on any atom is 0.165 e. The summed E-state index contributed by atoms with van der Waals surface area (Å²) in [7, 11) is 0. The second-order valence-corrected chi connectivity index (χ2v) is 5.21. The zero-order chi connectivity index (χ0) is 10.8. The molecule has 0 saturated carbocycles. The Morgan fingerprint density at radius 2 is 2.40 bits per heavy atom. The summed E-state index contributed by atoms with van der Waals surface area (Å²) in [5.41, 5.74) is 0. The Hall–Kier alpha value is -0.640. The molecule has 1 aliphatic rings. The second-order valence-electron chi connectivity index (χ2n) is 4.04. The molecular formula is C11H14BrFN2. The first kappa shape index (κ1) is 10.9. The number of anilines is 1. The molecular weight excluding hydrogens is 259 g/mol. The molecule has 2 nitrogen and oxygen atoms in total. The molecule has 0 aliphatic carbocycles. The van der Waals surface area contributed by atoms with E-state index < -0.39 is 0 Å². The molecule has 1 aromatic heterocycles. The van der Waals surface area contributed by atoms with Gasteiger partial charge in [0.2, 0.25) is 0 Å². The SMILES string of the molecule is CC1CCN(c2ncccc2F)CC1Br. The van der Waals surface area contributed by atoms with E-state index in [1.807, 2.05) is 4.90 Å². The first-order valence-electron chi connectivity index (χ1n) is 5.18. The quantitative estimate of drug-likeness (QED) is 0.731. The number of hydrogen-bond donors (Lipinski definition) is 0. The van der Waals surface area contributed by atoms with Crippen LogP contribution in [-0.4, -0.2) is 22.9 Å². The van der Waals surface area contributed by atoms with Crippen LogP contribution in [-0.2, 0) is 0 Å². The van der Waals surface area contributed by atoms with Gasteiger partial charge in [0.15, 0.2) is 11.6 Å². The van der Waals surface area contributed by atoms with E-state index in [2.05, 4.69) is 27.8 Å². The summed E-state index contributed by atoms with van der Waals surface area (Å²) in [5, 5.41) is 0. The van der Waals surface area contributed by atoms with Gasteiger partial charge in [-0.3, -0.25) is 0 Å². The van der Waals surface area contributed by atoms with Crippen LogP contribution in [0.25, 0.3) is 0 Å². The van der Waals surface area contributed by atoms with Gasteiger partial charge in [-0.15, -0.1) is 0 Å². The van der Waals surface area contributed by atoms with Crippen molar-refractivity contribution < 1.29 is 4.39 Å². The van der Waals surface area contributed by atoms with Gasteiger partial charge in [0.25, 0.3) is 0 Å². The van der Waals surface area contributed by atoms with E-state index in [-0.39, 0.29) is 5.82 Å². The third-order valence-electron chi connectivity index (χ3n) is 2.91. The van der Waals surface area contributed by atoms with Crippen LogP contribution in [0.5, 0.6) is 0 Å². The largest absolute Gasteiger partial charge is 0.353 e. The first-order chi connectivity index (χ1) is 7.18. The average molecular weight is 273 g/mol. The van der Waals surface area contributed by atoms with Crippen LogP contribution < -0.4 is 4.90 Å². The van der Waals surface area contributed by atoms with Crippen molar-refractivity contribution in [1.82, 2.24) is 4.98 Å². The van der Waals surface area contributed by atoms with Crippen molar-refractivity contribution >= 4 is 21.7 Å². The predicted molar refractivity (Wildman–Crippen MR) is 62.9 cm³/mol. The summed E-state index contributed by atoms with van der Waals surface area (Å²) in [6.45, 7) is 3.93. The lowest BCUT2D eigenvalue weighted by Crippen LogP contribution is -2.41. The van der Waals surface area contributed by atoms with Crippen molar-refractivity contribution in [2.24, 2.45) is 5.92 Å². The maximum atomic E-state index is 13.5. The standard InChI is InChI=1S/C11H14BrFN2/c1-8-4-6-15(7-9(8)12)11-10(13)3-2-5-14-11/h2-3,5,8-9H,4,6-7H2,1H3. The summed E-state index contributed by atoms with van der Waals surface area (Å²) >= 11 is 3.62. The molecule has 1 saturated heterocycles. The van der Waals surface area contributed by atoms with E-state index in [9.17, 15) is 4.39 Å². The van der Waals surface area contributed by atoms with Crippen LogP contribution in [0, 0.1) is 11.7 Å². The van der Waals surface area contributed by atoms with Gasteiger partial charge in [-0.25, -0.2) is 9.37 Å². The Balaban J connectivity index is 2.15. The summed E-state index contributed by atoms with van der Waals surface area (Å²) in [4.78, 5) is 6.52. The molecule has 1 aromatic rings. The topological polar surface area (TPSA) is 16.1 Å². The number of halogens is 2. The van der Waals surface area contributed by atoms with E-state index >= 15 is 0 Å². The minimum atomic E-state index is -0.230. The normalized spacial score (nSPS) is 26.7. The predicted octanol–water partition coefficient (Wildman–Crippen LogP) is 2.83. The number of piperidine rings is 1. The molecule has 0 radical (unpaired) electrons. The Bertz CT molecular complexity index is 345. The molecule has 0 bridgehead atoms. The van der Waals surface area contributed by atoms with E-state index in [1.54, 1.807) is 12.3 Å². The van der Waals surface area contributed by atoms with Gasteiger partial charge in [0, 0.05) is 24.1 Å². The molecule has 0 aromatic carbocycles. The second kappa shape index (κ2) is 4.47. The monoisotopic (exact) mass is 272 g/mol. The fraction of sp³-hybridized carbons (Fsp3) is 0.545. The van der Waals surface area contributed by atoms with Gasteiger partial charge in [-0.05, 0) is 24.5 Å². The van der Waals surface area contributed by atoms with Gasteiger partial charge in [-0.2, -0.15) is 0 Å². The lowest BCUT2D eigenvalue weighted by Gasteiger charge is -2.35. The van der Waals surface area contributed by atoms with Crippen LogP contribution in [0.4, 0.5) is 10.2 Å². The summed E-state index contributed by atoms with van der Waals surface area (Å²) in [6, 6.07) is 3.08. The maximum absolute atomic E-state index is 13.5. The number of alkyl halides is 1. The highest BCUT2D eigenvalue weighted by molar-refractivity contribution is 9.09. The van der Waals surface area contributed by atoms with Crippen molar-refractivity contribution in [2.45, 2.75) is 18.2 Å². The van der Waals surface area contributed by atoms with Crippen LogP contribution in [0.3, 0.4) is 0 Å². The van der Waals surface area contributed by atoms with Crippen molar-refractivity contribution in [1.29, 1.82) is 0 Å². The molecule has 0 spiro atoms. The molecule has 4 heteroatoms. The third-order valence-corrected chi connectivity index (χ3v) is 4.10. The molecule has 82 valence electrons. The molecule has 2 rings (SSSR count). The lowest BCUT2D eigenvalue weighted by molar-refractivity contribution is 0.449. The Kier molecular flexibility index (Phi) is 3.24. The minimum Gasteiger partial charge on any atom is -0.353 e. The summed E-state index contributed by atoms with van der Waals surface area (Å²) in [5.74, 6) is 0.897.